The zero-order valence-corrected chi connectivity index (χ0v) is 18.6. The second-order valence-corrected chi connectivity index (χ2v) is 8.05. The van der Waals surface area contributed by atoms with Crippen LogP contribution < -0.4 is 4.90 Å². The molecule has 0 atom stereocenters. The topological polar surface area (TPSA) is 90.9 Å². The van der Waals surface area contributed by atoms with Crippen molar-refractivity contribution in [2.75, 3.05) is 31.1 Å². The van der Waals surface area contributed by atoms with Crippen LogP contribution in [0, 0.1) is 11.3 Å². The Bertz CT molecular complexity index is 1320. The first-order valence-corrected chi connectivity index (χ1v) is 11.1. The number of hydrogen-bond donors (Lipinski definition) is 0. The molecule has 0 saturated carbocycles. The van der Waals surface area contributed by atoms with Gasteiger partial charge in [0.05, 0.1) is 23.0 Å². The summed E-state index contributed by atoms with van der Waals surface area (Å²) in [7, 11) is 0. The lowest BCUT2D eigenvalue weighted by molar-refractivity contribution is -0.132. The van der Waals surface area contributed by atoms with Gasteiger partial charge in [0.15, 0.2) is 0 Å². The molecule has 168 valence electrons. The van der Waals surface area contributed by atoms with Crippen LogP contribution in [0.25, 0.3) is 22.5 Å². The largest absolute Gasteiger partial charge is 0.338 e. The van der Waals surface area contributed by atoms with Crippen molar-refractivity contribution < 1.29 is 4.79 Å². The van der Waals surface area contributed by atoms with Crippen molar-refractivity contribution in [1.82, 2.24) is 24.6 Å². The average Bonchev–Trinajstić information content (AvgIpc) is 3.33. The molecule has 1 saturated heterocycles. The molecule has 0 radical (unpaired) electrons. The maximum absolute atomic E-state index is 13.2. The monoisotopic (exact) mass is 449 g/mol. The van der Waals surface area contributed by atoms with Gasteiger partial charge in [-0.2, -0.15) is 10.4 Å². The van der Waals surface area contributed by atoms with Crippen LogP contribution in [0.15, 0.2) is 79.1 Å². The molecule has 0 unspecified atom stereocenters. The van der Waals surface area contributed by atoms with Gasteiger partial charge in [-0.1, -0.05) is 42.5 Å². The SMILES string of the molecule is N#Cc1cccc(-c2cc(-c3ccccc3)nn2CC(=O)N2CCN(c3ncccn3)CC2)c1. The zero-order chi connectivity index (χ0) is 23.3. The van der Waals surface area contributed by atoms with E-state index in [2.05, 4.69) is 20.9 Å². The van der Waals surface area contributed by atoms with E-state index in [4.69, 9.17) is 5.10 Å². The molecule has 34 heavy (non-hydrogen) atoms. The molecule has 2 aromatic heterocycles. The Kier molecular flexibility index (Phi) is 5.99. The molecule has 5 rings (SSSR count). The van der Waals surface area contributed by atoms with Crippen molar-refractivity contribution >= 4 is 11.9 Å². The van der Waals surface area contributed by atoms with Crippen LogP contribution >= 0.6 is 0 Å². The maximum Gasteiger partial charge on any atom is 0.244 e. The fraction of sp³-hybridized carbons (Fsp3) is 0.192. The van der Waals surface area contributed by atoms with Gasteiger partial charge in [0.1, 0.15) is 6.54 Å². The normalized spacial score (nSPS) is 13.5. The number of amides is 1. The van der Waals surface area contributed by atoms with E-state index in [1.165, 1.54) is 0 Å². The van der Waals surface area contributed by atoms with E-state index in [1.807, 2.05) is 59.5 Å². The summed E-state index contributed by atoms with van der Waals surface area (Å²) < 4.78 is 1.74. The van der Waals surface area contributed by atoms with Gasteiger partial charge in [-0.05, 0) is 24.3 Å². The predicted octanol–water partition coefficient (Wildman–Crippen LogP) is 3.23. The molecule has 3 heterocycles. The molecule has 0 spiro atoms. The summed E-state index contributed by atoms with van der Waals surface area (Å²) in [6.07, 6.45) is 3.45. The molecule has 8 nitrogen and oxygen atoms in total. The van der Waals surface area contributed by atoms with Crippen molar-refractivity contribution in [3.8, 4) is 28.6 Å². The number of carbonyl (C=O) groups excluding carboxylic acids is 1. The van der Waals surface area contributed by atoms with Gasteiger partial charge in [0, 0.05) is 49.7 Å². The number of aromatic nitrogens is 4. The second kappa shape index (κ2) is 9.55. The standard InChI is InChI=1S/C26H23N7O/c27-18-20-6-4-9-22(16-20)24-17-23(21-7-2-1-3-8-21)30-33(24)19-25(34)31-12-14-32(15-13-31)26-28-10-5-11-29-26/h1-11,16-17H,12-15,19H2. The van der Waals surface area contributed by atoms with Gasteiger partial charge >= 0.3 is 0 Å². The van der Waals surface area contributed by atoms with Crippen LogP contribution in [0.2, 0.25) is 0 Å². The first-order valence-electron chi connectivity index (χ1n) is 11.1. The second-order valence-electron chi connectivity index (χ2n) is 8.05. The number of nitrogens with zero attached hydrogens (tertiary/aromatic N) is 7. The molecule has 2 aromatic carbocycles. The van der Waals surface area contributed by atoms with Crippen LogP contribution in [-0.2, 0) is 11.3 Å². The van der Waals surface area contributed by atoms with Crippen molar-refractivity contribution in [2.24, 2.45) is 0 Å². The van der Waals surface area contributed by atoms with Gasteiger partial charge in [0.2, 0.25) is 11.9 Å². The summed E-state index contributed by atoms with van der Waals surface area (Å²) in [6.45, 7) is 2.69. The van der Waals surface area contributed by atoms with Gasteiger partial charge < -0.3 is 9.80 Å². The molecule has 0 bridgehead atoms. The molecule has 1 aliphatic heterocycles. The Labute approximate surface area is 197 Å². The number of anilines is 1. The van der Waals surface area contributed by atoms with Crippen LogP contribution in [0.3, 0.4) is 0 Å². The fourth-order valence-corrected chi connectivity index (χ4v) is 4.11. The van der Waals surface area contributed by atoms with E-state index in [0.29, 0.717) is 37.7 Å². The quantitative estimate of drug-likeness (QED) is 0.465. The molecular weight excluding hydrogens is 426 g/mol. The highest BCUT2D eigenvalue weighted by atomic mass is 16.2. The first-order chi connectivity index (χ1) is 16.7. The number of hydrogen-bond acceptors (Lipinski definition) is 6. The fourth-order valence-electron chi connectivity index (χ4n) is 4.11. The average molecular weight is 450 g/mol. The van der Waals surface area contributed by atoms with Crippen molar-refractivity contribution in [2.45, 2.75) is 6.54 Å². The lowest BCUT2D eigenvalue weighted by Gasteiger charge is -2.34. The predicted molar refractivity (Wildman–Crippen MR) is 129 cm³/mol. The Morgan fingerprint density at radius 1 is 0.882 bits per heavy atom. The van der Waals surface area contributed by atoms with Crippen molar-refractivity contribution in [3.05, 3.63) is 84.7 Å². The molecule has 0 aliphatic carbocycles. The van der Waals surface area contributed by atoms with E-state index < -0.39 is 0 Å². The third-order valence-electron chi connectivity index (χ3n) is 5.89. The summed E-state index contributed by atoms with van der Waals surface area (Å²) in [5.41, 5.74) is 3.99. The highest BCUT2D eigenvalue weighted by Gasteiger charge is 2.24. The van der Waals surface area contributed by atoms with Crippen LogP contribution in [-0.4, -0.2) is 56.7 Å². The number of carbonyl (C=O) groups is 1. The zero-order valence-electron chi connectivity index (χ0n) is 18.6. The molecule has 4 aromatic rings. The van der Waals surface area contributed by atoms with E-state index in [1.54, 1.807) is 29.2 Å². The summed E-state index contributed by atoms with van der Waals surface area (Å²) in [5, 5.41) is 14.1. The number of piperazine rings is 1. The van der Waals surface area contributed by atoms with Gasteiger partial charge in [0.25, 0.3) is 0 Å². The molecule has 1 amide bonds. The van der Waals surface area contributed by atoms with Gasteiger partial charge in [-0.25, -0.2) is 9.97 Å². The highest BCUT2D eigenvalue weighted by molar-refractivity contribution is 5.78. The summed E-state index contributed by atoms with van der Waals surface area (Å²) >= 11 is 0. The minimum Gasteiger partial charge on any atom is -0.338 e. The Hall–Kier alpha value is -4.51. The summed E-state index contributed by atoms with van der Waals surface area (Å²) in [4.78, 5) is 25.8. The molecule has 1 fully saturated rings. The Morgan fingerprint density at radius 2 is 1.62 bits per heavy atom. The van der Waals surface area contributed by atoms with Crippen molar-refractivity contribution in [1.29, 1.82) is 5.26 Å². The lowest BCUT2D eigenvalue weighted by Crippen LogP contribution is -2.50. The molecule has 0 N–H and O–H groups in total. The van der Waals surface area contributed by atoms with Crippen LogP contribution in [0.5, 0.6) is 0 Å². The first kappa shape index (κ1) is 21.3. The maximum atomic E-state index is 13.2. The molecule has 8 heteroatoms. The Balaban J connectivity index is 1.38. The third-order valence-corrected chi connectivity index (χ3v) is 5.89. The van der Waals surface area contributed by atoms with E-state index >= 15 is 0 Å². The lowest BCUT2D eigenvalue weighted by atomic mass is 10.1. The minimum atomic E-state index is 0.00836. The van der Waals surface area contributed by atoms with E-state index in [-0.39, 0.29) is 12.5 Å². The number of rotatable bonds is 5. The number of benzene rings is 2. The van der Waals surface area contributed by atoms with E-state index in [0.717, 1.165) is 22.5 Å². The Morgan fingerprint density at radius 3 is 2.35 bits per heavy atom. The smallest absolute Gasteiger partial charge is 0.244 e. The third kappa shape index (κ3) is 4.50. The van der Waals surface area contributed by atoms with Gasteiger partial charge in [-0.15, -0.1) is 0 Å². The van der Waals surface area contributed by atoms with Crippen LogP contribution in [0.4, 0.5) is 5.95 Å². The highest BCUT2D eigenvalue weighted by Crippen LogP contribution is 2.27. The van der Waals surface area contributed by atoms with Crippen LogP contribution in [0.1, 0.15) is 5.56 Å². The number of nitriles is 1. The summed E-state index contributed by atoms with van der Waals surface area (Å²) in [5.74, 6) is 0.697. The van der Waals surface area contributed by atoms with Gasteiger partial charge in [-0.3, -0.25) is 9.48 Å². The van der Waals surface area contributed by atoms with Crippen molar-refractivity contribution in [3.63, 3.8) is 0 Å². The minimum absolute atomic E-state index is 0.00836. The molecular formula is C26H23N7O. The summed E-state index contributed by atoms with van der Waals surface area (Å²) in [6, 6.07) is 23.2. The molecule has 1 aliphatic rings. The van der Waals surface area contributed by atoms with E-state index in [9.17, 15) is 10.1 Å².